The lowest BCUT2D eigenvalue weighted by atomic mass is 9.92. The summed E-state index contributed by atoms with van der Waals surface area (Å²) in [7, 11) is 5.52. The van der Waals surface area contributed by atoms with Gasteiger partial charge >= 0.3 is 23.9 Å². The zero-order valence-electron chi connectivity index (χ0n) is 70.1. The Morgan fingerprint density at radius 2 is 0.623 bits per heavy atom. The maximum absolute atomic E-state index is 11.9. The molecule has 630 valence electrons. The highest BCUT2D eigenvalue weighted by atomic mass is 79.9. The van der Waals surface area contributed by atoms with Crippen LogP contribution in [0.3, 0.4) is 0 Å². The van der Waals surface area contributed by atoms with E-state index in [0.29, 0.717) is 81.0 Å². The third-order valence-electron chi connectivity index (χ3n) is 23.3. The van der Waals surface area contributed by atoms with Gasteiger partial charge in [0.25, 0.3) is 0 Å². The van der Waals surface area contributed by atoms with Gasteiger partial charge in [0.05, 0.1) is 56.8 Å². The Morgan fingerprint density at radius 3 is 0.934 bits per heavy atom. The topological polar surface area (TPSA) is 144 Å². The molecule has 0 saturated carbocycles. The number of hydrogen-bond donors (Lipinski definition) is 2. The third kappa shape index (κ3) is 23.5. The summed E-state index contributed by atoms with van der Waals surface area (Å²) >= 11 is 41.2. The molecular weight excluding hydrogens is 1720 g/mol. The minimum Gasteiger partial charge on any atom is -0.465 e. The first-order valence-electron chi connectivity index (χ1n) is 40.7. The van der Waals surface area contributed by atoms with Gasteiger partial charge in [-0.2, -0.15) is 0 Å². The number of benzene rings is 13. The summed E-state index contributed by atoms with van der Waals surface area (Å²) in [6.45, 7) is 17.3. The smallest absolute Gasteiger partial charge is 0.337 e. The molecule has 3 aliphatic rings. The molecule has 19 heteroatoms. The summed E-state index contributed by atoms with van der Waals surface area (Å²) < 4.78 is 18.9. The van der Waals surface area contributed by atoms with Gasteiger partial charge in [0, 0.05) is 84.8 Å². The van der Waals surface area contributed by atoms with Gasteiger partial charge in [0.15, 0.2) is 0 Å². The van der Waals surface area contributed by atoms with Crippen LogP contribution in [-0.2, 0) is 18.9 Å². The zero-order valence-corrected chi connectivity index (χ0v) is 76.2. The molecule has 0 bridgehead atoms. The van der Waals surface area contributed by atoms with Gasteiger partial charge in [-0.1, -0.05) is 242 Å². The van der Waals surface area contributed by atoms with Crippen LogP contribution in [-0.4, -0.2) is 86.9 Å². The second-order valence-electron chi connectivity index (χ2n) is 31.7. The molecule has 2 N–H and O–H groups in total. The first-order valence-corrected chi connectivity index (χ1v) is 43.9. The summed E-state index contributed by atoms with van der Waals surface area (Å²) in [5.41, 5.74) is 17.8. The molecule has 3 fully saturated rings. The number of ether oxygens (including phenoxy) is 4. The lowest BCUT2D eigenvalue weighted by Gasteiger charge is -2.31. The zero-order chi connectivity index (χ0) is 87.2. The van der Waals surface area contributed by atoms with Crippen molar-refractivity contribution in [1.82, 2.24) is 15.1 Å². The fourth-order valence-electron chi connectivity index (χ4n) is 16.6. The highest BCUT2D eigenvalue weighted by Gasteiger charge is 2.40. The molecule has 10 atom stereocenters. The molecule has 0 spiro atoms. The molecule has 0 aromatic heterocycles. The number of methoxy groups -OCH3 is 4. The van der Waals surface area contributed by atoms with Gasteiger partial charge in [0.1, 0.15) is 0 Å². The quantitative estimate of drug-likeness (QED) is 0.0540. The van der Waals surface area contributed by atoms with E-state index in [-0.39, 0.29) is 48.0 Å². The van der Waals surface area contributed by atoms with Gasteiger partial charge in [-0.05, 0) is 295 Å². The Balaban J connectivity index is 0.000000148. The molecule has 13 aromatic rings. The number of likely N-dealkylation sites (tertiary alicyclic amines) is 2. The van der Waals surface area contributed by atoms with Crippen molar-refractivity contribution in [2.24, 2.45) is 0 Å². The van der Waals surface area contributed by atoms with E-state index in [9.17, 15) is 24.3 Å². The minimum absolute atomic E-state index is 0.148. The monoisotopic (exact) mass is 1810 g/mol. The van der Waals surface area contributed by atoms with Crippen molar-refractivity contribution < 1.29 is 43.2 Å². The van der Waals surface area contributed by atoms with E-state index in [1.165, 1.54) is 111 Å². The summed E-state index contributed by atoms with van der Waals surface area (Å²) in [6, 6.07) is 88.4. The number of hydrogen-bond acceptors (Lipinski definition) is 12. The summed E-state index contributed by atoms with van der Waals surface area (Å²) in [5.74, 6) is -0.255. The number of fused-ring (bicyclic) bond motifs is 3. The largest absolute Gasteiger partial charge is 0.465 e. The fourth-order valence-corrected chi connectivity index (χ4v) is 18.5. The van der Waals surface area contributed by atoms with Crippen molar-refractivity contribution in [1.29, 1.82) is 0 Å². The number of carbonyl (C=O) groups excluding carboxylic acids is 4. The standard InChI is InChI=1S/2C31H29Cl2NO2.C21H19Cl2N.C10H11BrO2.C10H12O3/c2*1-19-4-5-24-13-25(11-10-23(24)12-19)30-16-27(26-14-28(32)17-29(33)15-26)18-34(30)20(2)21-6-8-22(9-7-21)31(35)36-3;1-13-2-3-15-7-16(5-4-14(15)6-13)21-10-18(12-24-21)17-8-19(22)11-20(23)9-17;2*1-7(11)8-3-5-9(6-4-8)10(12)13-2/h2*4-15,17,20,27,30H,16,18H2,1-3H3;2-9,11,18,21,24H,10,12H2,1H3;3-7H,1-2H3;3-7,11H,1-2H3/t2*20?,27-,30-;18-,21-;;/m111../s1. The van der Waals surface area contributed by atoms with Gasteiger partial charge in [-0.15, -0.1) is 0 Å². The number of nitrogens with zero attached hydrogens (tertiary/aromatic N) is 2. The summed E-state index contributed by atoms with van der Waals surface area (Å²) in [5, 5.41) is 24.6. The minimum atomic E-state index is -0.508. The van der Waals surface area contributed by atoms with Gasteiger partial charge in [0.2, 0.25) is 0 Å². The van der Waals surface area contributed by atoms with E-state index in [1.54, 1.807) is 61.5 Å². The summed E-state index contributed by atoms with van der Waals surface area (Å²) in [4.78, 5) is 51.3. The fraction of sp³-hybridized carbons (Fsp3) is 0.262. The second kappa shape index (κ2) is 42.3. The highest BCUT2D eigenvalue weighted by Crippen LogP contribution is 2.49. The predicted molar refractivity (Wildman–Crippen MR) is 503 cm³/mol. The van der Waals surface area contributed by atoms with E-state index in [0.717, 1.165) is 61.2 Å². The molecule has 3 saturated heterocycles. The SMILES string of the molecule is COC(=O)c1ccc(C(C)Br)cc1.COC(=O)c1ccc(C(C)N2C[C@H](c3cc(Cl)cc(Cl)c3)C[C@@H]2c2ccc3cc(C)ccc3c2)cc1.COC(=O)c1ccc(C(C)N2C[C@H](c3cc(Cl)cc(Cl)c3)C[C@@H]2c2ccc3cc(C)ccc3c2)cc1.COC(=O)c1ccc(C(C)O)cc1.Cc1ccc2cc([C@H]3C[C@@H](c4cc(Cl)cc(Cl)c4)CN3)ccc2c1. The molecule has 0 radical (unpaired) electrons. The molecule has 0 amide bonds. The molecule has 13 aromatic carbocycles. The molecule has 3 heterocycles. The lowest BCUT2D eigenvalue weighted by molar-refractivity contribution is 0.0591. The second-order valence-corrected chi connectivity index (χ2v) is 35.7. The molecule has 3 aliphatic heterocycles. The number of esters is 4. The van der Waals surface area contributed by atoms with Crippen molar-refractivity contribution in [3.05, 3.63) is 386 Å². The number of aliphatic hydroxyl groups excluding tert-OH is 1. The van der Waals surface area contributed by atoms with E-state index >= 15 is 0 Å². The van der Waals surface area contributed by atoms with Crippen LogP contribution in [0, 0.1) is 20.8 Å². The Hall–Kier alpha value is -9.42. The van der Waals surface area contributed by atoms with E-state index in [1.807, 2.05) is 104 Å². The average Bonchev–Trinajstić information content (AvgIpc) is 1.61. The lowest BCUT2D eigenvalue weighted by Crippen LogP contribution is -2.27. The van der Waals surface area contributed by atoms with Crippen LogP contribution in [0.1, 0.15) is 220 Å². The number of aliphatic hydroxyl groups is 1. The van der Waals surface area contributed by atoms with Crippen LogP contribution in [0.5, 0.6) is 0 Å². The highest BCUT2D eigenvalue weighted by molar-refractivity contribution is 9.09. The molecule has 12 nitrogen and oxygen atoms in total. The van der Waals surface area contributed by atoms with Crippen LogP contribution in [0.15, 0.2) is 261 Å². The predicted octanol–water partition coefficient (Wildman–Crippen LogP) is 27.8. The number of rotatable bonds is 16. The average molecular weight is 1820 g/mol. The van der Waals surface area contributed by atoms with Crippen molar-refractivity contribution in [3.8, 4) is 0 Å². The Morgan fingerprint density at radius 1 is 0.344 bits per heavy atom. The van der Waals surface area contributed by atoms with Gasteiger partial charge in [-0.25, -0.2) is 19.2 Å². The van der Waals surface area contributed by atoms with Crippen LogP contribution in [0.4, 0.5) is 0 Å². The number of carbonyl (C=O) groups is 4. The summed E-state index contributed by atoms with van der Waals surface area (Å²) in [6.07, 6.45) is 2.50. The van der Waals surface area contributed by atoms with Crippen molar-refractivity contribution in [3.63, 3.8) is 0 Å². The Bertz CT molecular complexity index is 5510. The molecule has 4 unspecified atom stereocenters. The Labute approximate surface area is 754 Å². The molecule has 122 heavy (non-hydrogen) atoms. The van der Waals surface area contributed by atoms with E-state index in [4.69, 9.17) is 79.1 Å². The van der Waals surface area contributed by atoms with Crippen molar-refractivity contribution >= 4 is 142 Å². The van der Waals surface area contributed by atoms with E-state index < -0.39 is 6.10 Å². The number of alkyl halides is 1. The number of aryl methyl sites for hydroxylation is 3. The van der Waals surface area contributed by atoms with Gasteiger partial charge < -0.3 is 29.4 Å². The normalized spacial score (nSPS) is 17.8. The van der Waals surface area contributed by atoms with Crippen LogP contribution < -0.4 is 5.32 Å². The first kappa shape index (κ1) is 91.8. The van der Waals surface area contributed by atoms with Crippen LogP contribution >= 0.6 is 85.5 Å². The van der Waals surface area contributed by atoms with E-state index in [2.05, 4.69) is 184 Å². The maximum Gasteiger partial charge on any atom is 0.337 e. The molecule has 0 aliphatic carbocycles. The first-order chi connectivity index (χ1) is 58.5. The number of nitrogens with one attached hydrogen (secondary N) is 1. The maximum atomic E-state index is 11.9. The van der Waals surface area contributed by atoms with Crippen LogP contribution in [0.25, 0.3) is 32.3 Å². The molecular formula is C103H100BrCl6N3O9. The third-order valence-corrected chi connectivity index (χ3v) is 25.2. The van der Waals surface area contributed by atoms with Crippen molar-refractivity contribution in [2.45, 2.75) is 127 Å². The molecule has 16 rings (SSSR count). The Kier molecular flexibility index (Phi) is 31.8. The van der Waals surface area contributed by atoms with Crippen molar-refractivity contribution in [2.75, 3.05) is 48.1 Å². The van der Waals surface area contributed by atoms with Crippen LogP contribution in [0.2, 0.25) is 30.1 Å². The number of halogens is 7. The van der Waals surface area contributed by atoms with Gasteiger partial charge in [-0.3, -0.25) is 9.80 Å².